The second-order valence-corrected chi connectivity index (χ2v) is 17.5. The van der Waals surface area contributed by atoms with Crippen molar-refractivity contribution < 1.29 is 19.1 Å². The first-order valence-corrected chi connectivity index (χ1v) is 18.7. The predicted octanol–water partition coefficient (Wildman–Crippen LogP) is 6.61. The number of carbonyl (C=O) groups excluding carboxylic acids is 2. The zero-order valence-corrected chi connectivity index (χ0v) is 29.6. The van der Waals surface area contributed by atoms with Crippen LogP contribution in [-0.2, 0) is 9.47 Å². The van der Waals surface area contributed by atoms with Gasteiger partial charge in [0.1, 0.15) is 11.2 Å². The van der Waals surface area contributed by atoms with Crippen LogP contribution in [0.1, 0.15) is 52.7 Å². The first kappa shape index (κ1) is 31.9. The van der Waals surface area contributed by atoms with E-state index in [1.54, 1.807) is 9.80 Å². The third-order valence-electron chi connectivity index (χ3n) is 7.70. The van der Waals surface area contributed by atoms with Crippen LogP contribution in [0, 0.1) is 18.4 Å². The van der Waals surface area contributed by atoms with Crippen LogP contribution < -0.4 is 15.2 Å². The summed E-state index contributed by atoms with van der Waals surface area (Å²) in [7, 11) is -0.188. The Morgan fingerprint density at radius 1 is 0.721 bits per heavy atom. The lowest BCUT2D eigenvalue weighted by Gasteiger charge is -2.37. The Morgan fingerprint density at radius 2 is 1.16 bits per heavy atom. The molecular formula is C32H44IN5O4S. The van der Waals surface area contributed by atoms with E-state index in [1.165, 1.54) is 31.9 Å². The summed E-state index contributed by atoms with van der Waals surface area (Å²) in [5.74, 6) is 0. The second kappa shape index (κ2) is 12.1. The molecule has 3 aliphatic heterocycles. The first-order chi connectivity index (χ1) is 20.1. The maximum atomic E-state index is 12.6. The van der Waals surface area contributed by atoms with Gasteiger partial charge in [-0.1, -0.05) is 7.66 Å². The molecule has 9 nitrogen and oxygen atoms in total. The molecule has 0 radical (unpaired) electrons. The molecule has 0 aromatic heterocycles. The van der Waals surface area contributed by atoms with Crippen molar-refractivity contribution in [2.75, 3.05) is 62.2 Å². The number of anilines is 2. The Bertz CT molecular complexity index is 1550. The number of rotatable bonds is 2. The summed E-state index contributed by atoms with van der Waals surface area (Å²) in [6, 6.07) is 9.07. The molecule has 2 saturated heterocycles. The molecule has 0 bridgehead atoms. The van der Waals surface area contributed by atoms with Gasteiger partial charge in [0.15, 0.2) is 0 Å². The smallest absolute Gasteiger partial charge is 0.410 e. The van der Waals surface area contributed by atoms with E-state index in [1.807, 2.05) is 41.5 Å². The fourth-order valence-electron chi connectivity index (χ4n) is 5.56. The molecule has 0 aliphatic carbocycles. The molecular weight excluding hydrogens is 677 g/mol. The van der Waals surface area contributed by atoms with Crippen LogP contribution in [0.5, 0.6) is 0 Å². The SMILES string of the molecule is Cc1cc(N2CCN(C(=O)OC(C)(C)C)CC2)cc2c1N=c1c(C)cc(N3CCN(C(=O)OC(C)(C)C)CC3)cc1=S2I. The minimum Gasteiger partial charge on any atom is -0.444 e. The maximum Gasteiger partial charge on any atom is 0.410 e. The van der Waals surface area contributed by atoms with Gasteiger partial charge < -0.3 is 29.1 Å². The molecule has 11 heteroatoms. The number of aryl methyl sites for hydroxylation is 2. The Hall–Kier alpha value is -2.54. The zero-order valence-electron chi connectivity index (χ0n) is 26.6. The number of hydrogen-bond donors (Lipinski definition) is 0. The third kappa shape index (κ3) is 7.24. The van der Waals surface area contributed by atoms with Gasteiger partial charge in [-0.25, -0.2) is 14.6 Å². The number of hydrogen-bond acceptors (Lipinski definition) is 7. The van der Waals surface area contributed by atoms with Gasteiger partial charge >= 0.3 is 12.2 Å². The Balaban J connectivity index is 1.36. The molecule has 0 N–H and O–H groups in total. The maximum absolute atomic E-state index is 12.6. The standard InChI is InChI=1S/C32H44IN5O4S/c1-21-17-23(35-9-13-37(14-10-35)29(39)41-31(3,4)5)19-25-27(21)34-28-22(2)18-24(20-26(28)43(25)33)36-11-15-38(16-12-36)30(40)42-32(6,7)8/h17-20H,9-16H2,1-8H3. The van der Waals surface area contributed by atoms with Gasteiger partial charge in [-0.15, -0.1) is 0 Å². The van der Waals surface area contributed by atoms with Gasteiger partial charge in [-0.2, -0.15) is 0 Å². The van der Waals surface area contributed by atoms with E-state index in [-0.39, 0.29) is 19.8 Å². The van der Waals surface area contributed by atoms with Crippen LogP contribution in [0.4, 0.5) is 26.7 Å². The van der Waals surface area contributed by atoms with E-state index < -0.39 is 11.2 Å². The molecule has 2 aromatic carbocycles. The van der Waals surface area contributed by atoms with Crippen LogP contribution in [0.3, 0.4) is 0 Å². The van der Waals surface area contributed by atoms with E-state index in [9.17, 15) is 9.59 Å². The highest BCUT2D eigenvalue weighted by atomic mass is 127. The molecule has 0 saturated carbocycles. The minimum atomic E-state index is -0.494. The molecule has 2 amide bonds. The first-order valence-electron chi connectivity index (χ1n) is 15.0. The fraction of sp³-hybridized carbons (Fsp3) is 0.562. The van der Waals surface area contributed by atoms with E-state index >= 15 is 0 Å². The summed E-state index contributed by atoms with van der Waals surface area (Å²) in [6.45, 7) is 21.3. The summed E-state index contributed by atoms with van der Waals surface area (Å²) in [5, 5.41) is 1.07. The molecule has 43 heavy (non-hydrogen) atoms. The fourth-order valence-corrected chi connectivity index (χ4v) is 9.01. The summed E-state index contributed by atoms with van der Waals surface area (Å²) >= 11 is 2.59. The van der Waals surface area contributed by atoms with Crippen LogP contribution in [-0.4, -0.2) is 85.5 Å². The highest BCUT2D eigenvalue weighted by Crippen LogP contribution is 2.48. The van der Waals surface area contributed by atoms with E-state index in [2.05, 4.69) is 69.1 Å². The number of fused-ring (bicyclic) bond motifs is 2. The molecule has 5 rings (SSSR count). The molecule has 0 spiro atoms. The summed E-state index contributed by atoms with van der Waals surface area (Å²) in [4.78, 5) is 39.9. The summed E-state index contributed by atoms with van der Waals surface area (Å²) < 4.78 is 12.4. The summed E-state index contributed by atoms with van der Waals surface area (Å²) in [5.41, 5.74) is 4.78. The minimum absolute atomic E-state index is 0.188. The molecule has 234 valence electrons. The Kier molecular flexibility index (Phi) is 8.97. The van der Waals surface area contributed by atoms with Crippen molar-refractivity contribution >= 4 is 58.1 Å². The molecule has 3 aliphatic rings. The topological polar surface area (TPSA) is 77.9 Å². The normalized spacial score (nSPS) is 19.0. The van der Waals surface area contributed by atoms with Gasteiger partial charge in [-0.3, -0.25) is 0 Å². The van der Waals surface area contributed by atoms with Gasteiger partial charge in [0.2, 0.25) is 0 Å². The van der Waals surface area contributed by atoms with Crippen molar-refractivity contribution in [1.29, 1.82) is 0 Å². The highest BCUT2D eigenvalue weighted by Gasteiger charge is 2.28. The Morgan fingerprint density at radius 3 is 1.63 bits per heavy atom. The van der Waals surface area contributed by atoms with E-state index in [0.29, 0.717) is 26.2 Å². The third-order valence-corrected chi connectivity index (χ3v) is 11.9. The van der Waals surface area contributed by atoms with Crippen LogP contribution in [0.2, 0.25) is 0 Å². The largest absolute Gasteiger partial charge is 0.444 e. The van der Waals surface area contributed by atoms with Crippen LogP contribution >= 0.6 is 28.9 Å². The van der Waals surface area contributed by atoms with Gasteiger partial charge in [0.25, 0.3) is 0 Å². The molecule has 2 fully saturated rings. The van der Waals surface area contributed by atoms with Crippen molar-refractivity contribution in [3.8, 4) is 0 Å². The van der Waals surface area contributed by atoms with Gasteiger partial charge in [0.05, 0.1) is 11.0 Å². The van der Waals surface area contributed by atoms with Crippen LogP contribution in [0.25, 0.3) is 0 Å². The van der Waals surface area contributed by atoms with E-state index in [0.717, 1.165) is 37.2 Å². The molecule has 1 unspecified atom stereocenters. The number of nitrogens with zero attached hydrogens (tertiary/aromatic N) is 5. The Labute approximate surface area is 269 Å². The zero-order chi connectivity index (χ0) is 31.3. The van der Waals surface area contributed by atoms with Crippen molar-refractivity contribution in [2.45, 2.75) is 71.5 Å². The summed E-state index contributed by atoms with van der Waals surface area (Å²) in [6.07, 6.45) is -0.481. The monoisotopic (exact) mass is 721 g/mol. The quantitative estimate of drug-likeness (QED) is 0.257. The lowest BCUT2D eigenvalue weighted by atomic mass is 10.1. The lowest BCUT2D eigenvalue weighted by molar-refractivity contribution is 0.0230. The van der Waals surface area contributed by atoms with Gasteiger partial charge in [-0.05, 0) is 112 Å². The van der Waals surface area contributed by atoms with Crippen molar-refractivity contribution in [3.63, 3.8) is 0 Å². The average molecular weight is 722 g/mol. The van der Waals surface area contributed by atoms with Crippen molar-refractivity contribution in [3.05, 3.63) is 45.3 Å². The molecule has 3 heterocycles. The molecule has 2 aromatic rings. The van der Waals surface area contributed by atoms with Crippen molar-refractivity contribution in [1.82, 2.24) is 9.80 Å². The second-order valence-electron chi connectivity index (χ2n) is 13.5. The lowest BCUT2D eigenvalue weighted by Crippen LogP contribution is -2.50. The van der Waals surface area contributed by atoms with Gasteiger partial charge in [0, 0.05) is 73.1 Å². The number of amides is 2. The van der Waals surface area contributed by atoms with E-state index in [4.69, 9.17) is 14.5 Å². The average Bonchev–Trinajstić information content (AvgIpc) is 2.92. The number of ether oxygens (including phenoxy) is 2. The number of halogens is 1. The number of piperazine rings is 2. The predicted molar refractivity (Wildman–Crippen MR) is 182 cm³/mol. The number of carbonyl (C=O) groups is 2. The van der Waals surface area contributed by atoms with Crippen LogP contribution in [0.15, 0.2) is 34.2 Å². The molecule has 1 atom stereocenters. The number of benzene rings is 2. The van der Waals surface area contributed by atoms with Crippen molar-refractivity contribution in [2.24, 2.45) is 4.99 Å². The highest BCUT2D eigenvalue weighted by molar-refractivity contribution is 14.2.